The van der Waals surface area contributed by atoms with Crippen LogP contribution in [0.25, 0.3) is 33.6 Å². The Morgan fingerprint density at radius 2 is 1.63 bits per heavy atom. The van der Waals surface area contributed by atoms with Crippen molar-refractivity contribution >= 4 is 35.3 Å². The first-order chi connectivity index (χ1) is 25.6. The summed E-state index contributed by atoms with van der Waals surface area (Å²) >= 11 is 14.2. The van der Waals surface area contributed by atoms with Crippen LogP contribution in [0, 0.1) is 11.3 Å². The summed E-state index contributed by atoms with van der Waals surface area (Å²) in [4.78, 5) is 38.2. The van der Waals surface area contributed by atoms with E-state index in [9.17, 15) is 9.59 Å². The second kappa shape index (κ2) is 15.8. The molecule has 1 amide bonds. The van der Waals surface area contributed by atoms with Gasteiger partial charge in [0.05, 0.1) is 54.2 Å². The minimum Gasteiger partial charge on any atom is -0.496 e. The fourth-order valence-corrected chi connectivity index (χ4v) is 8.03. The number of likely N-dealkylation sites (tertiary alicyclic amines) is 1. The molecule has 1 spiro atoms. The van der Waals surface area contributed by atoms with Gasteiger partial charge in [0.15, 0.2) is 0 Å². The smallest absolute Gasteiger partial charge is 0.410 e. The third-order valence-corrected chi connectivity index (χ3v) is 10.6. The van der Waals surface area contributed by atoms with Crippen molar-refractivity contribution in [3.05, 3.63) is 82.0 Å². The number of amides is 1. The van der Waals surface area contributed by atoms with E-state index < -0.39 is 11.7 Å². The van der Waals surface area contributed by atoms with Crippen LogP contribution in [0.4, 0.5) is 4.79 Å². The van der Waals surface area contributed by atoms with Crippen molar-refractivity contribution in [2.45, 2.75) is 72.3 Å². The van der Waals surface area contributed by atoms with E-state index in [1.807, 2.05) is 83.1 Å². The Morgan fingerprint density at radius 3 is 2.30 bits per heavy atom. The predicted molar refractivity (Wildman–Crippen MR) is 211 cm³/mol. The summed E-state index contributed by atoms with van der Waals surface area (Å²) < 4.78 is 22.4. The van der Waals surface area contributed by atoms with Crippen LogP contribution in [-0.2, 0) is 27.4 Å². The molecule has 4 aromatic rings. The number of esters is 1. The zero-order valence-corrected chi connectivity index (χ0v) is 33.7. The summed E-state index contributed by atoms with van der Waals surface area (Å²) in [6, 6.07) is 17.3. The van der Waals surface area contributed by atoms with E-state index in [1.165, 1.54) is 4.90 Å². The molecule has 0 radical (unpaired) electrons. The summed E-state index contributed by atoms with van der Waals surface area (Å²) in [6.45, 7) is 12.2. The standard InChI is InChI=1S/C42H48Cl2N4O6/c1-25(2)53-39(49)29-19-42(20-29)23-48(24-42)22-27-13-12-26(18-34(27)51-7)37-36(44)31(16-17-45-37)30-10-9-11-32(35(30)43)33-15-14-28(38(46-33)52-8)21-47(6)40(50)54-41(3,4)5/h9-18,25,29H,19-24H2,1-8H3. The lowest BCUT2D eigenvalue weighted by Crippen LogP contribution is -2.62. The van der Waals surface area contributed by atoms with Gasteiger partial charge in [-0.05, 0) is 77.1 Å². The molecule has 1 saturated heterocycles. The molecule has 6 rings (SSSR count). The van der Waals surface area contributed by atoms with E-state index in [-0.39, 0.29) is 30.0 Å². The van der Waals surface area contributed by atoms with E-state index in [4.69, 9.17) is 47.1 Å². The maximum absolute atomic E-state index is 12.6. The first-order valence-corrected chi connectivity index (χ1v) is 18.9. The largest absolute Gasteiger partial charge is 0.496 e. The quantitative estimate of drug-likeness (QED) is 0.138. The molecule has 0 atom stereocenters. The highest BCUT2D eigenvalue weighted by molar-refractivity contribution is 6.39. The van der Waals surface area contributed by atoms with E-state index in [0.717, 1.165) is 66.0 Å². The lowest BCUT2D eigenvalue weighted by atomic mass is 9.57. The van der Waals surface area contributed by atoms with Gasteiger partial charge in [-0.15, -0.1) is 0 Å². The zero-order valence-electron chi connectivity index (χ0n) is 32.2. The molecule has 0 bridgehead atoms. The number of carbonyl (C=O) groups excluding carboxylic acids is 2. The predicted octanol–water partition coefficient (Wildman–Crippen LogP) is 9.33. The number of ether oxygens (including phenoxy) is 4. The molecule has 2 aliphatic rings. The summed E-state index contributed by atoms with van der Waals surface area (Å²) in [5.41, 5.74) is 5.57. The van der Waals surface area contributed by atoms with E-state index >= 15 is 0 Å². The van der Waals surface area contributed by atoms with Gasteiger partial charge in [0, 0.05) is 66.3 Å². The number of benzene rings is 2. The van der Waals surface area contributed by atoms with Crippen LogP contribution >= 0.6 is 23.2 Å². The van der Waals surface area contributed by atoms with Gasteiger partial charge in [0.1, 0.15) is 11.4 Å². The number of carbonyl (C=O) groups is 2. The topological polar surface area (TPSA) is 103 Å². The van der Waals surface area contributed by atoms with Gasteiger partial charge in [0.2, 0.25) is 5.88 Å². The molecule has 54 heavy (non-hydrogen) atoms. The molecule has 2 aromatic heterocycles. The number of hydrogen-bond acceptors (Lipinski definition) is 9. The molecule has 1 aliphatic carbocycles. The van der Waals surface area contributed by atoms with Crippen molar-refractivity contribution in [2.75, 3.05) is 34.4 Å². The maximum Gasteiger partial charge on any atom is 0.410 e. The molecule has 12 heteroatoms. The van der Waals surface area contributed by atoms with Crippen molar-refractivity contribution in [1.29, 1.82) is 0 Å². The van der Waals surface area contributed by atoms with E-state index in [0.29, 0.717) is 32.9 Å². The van der Waals surface area contributed by atoms with Crippen LogP contribution in [0.2, 0.25) is 10.0 Å². The SMILES string of the molecule is COc1cc(-c2nccc(-c3cccc(-c4ccc(CN(C)C(=O)OC(C)(C)C)c(OC)n4)c3Cl)c2Cl)ccc1CN1CC2(CC(C(=O)OC(C)C)C2)C1. The van der Waals surface area contributed by atoms with E-state index in [2.05, 4.69) is 16.0 Å². The Balaban J connectivity index is 1.18. The normalized spacial score (nSPS) is 15.4. The van der Waals surface area contributed by atoms with Gasteiger partial charge in [-0.25, -0.2) is 9.78 Å². The van der Waals surface area contributed by atoms with Crippen LogP contribution in [0.5, 0.6) is 11.6 Å². The van der Waals surface area contributed by atoms with Crippen molar-refractivity contribution in [2.24, 2.45) is 11.3 Å². The average molecular weight is 776 g/mol. The monoisotopic (exact) mass is 774 g/mol. The molecule has 2 fully saturated rings. The van der Waals surface area contributed by atoms with Crippen LogP contribution < -0.4 is 9.47 Å². The Labute approximate surface area is 327 Å². The van der Waals surface area contributed by atoms with Crippen LogP contribution in [0.15, 0.2) is 60.8 Å². The summed E-state index contributed by atoms with van der Waals surface area (Å²) in [5, 5.41) is 0.928. The first kappa shape index (κ1) is 39.3. The fourth-order valence-electron chi connectivity index (χ4n) is 7.38. The molecule has 2 aromatic carbocycles. The third-order valence-electron chi connectivity index (χ3n) is 9.82. The van der Waals surface area contributed by atoms with Crippen LogP contribution in [0.1, 0.15) is 58.6 Å². The summed E-state index contributed by atoms with van der Waals surface area (Å²) in [7, 11) is 4.88. The van der Waals surface area contributed by atoms with Gasteiger partial charge >= 0.3 is 12.1 Å². The minimum absolute atomic E-state index is 0.0199. The molecule has 0 N–H and O–H groups in total. The molecule has 1 aliphatic heterocycles. The molecule has 0 unspecified atom stereocenters. The molecule has 286 valence electrons. The number of pyridine rings is 2. The number of methoxy groups -OCH3 is 2. The number of rotatable bonds is 11. The molecular formula is C42H48Cl2N4O6. The maximum atomic E-state index is 12.6. The number of nitrogens with zero attached hydrogens (tertiary/aromatic N) is 4. The van der Waals surface area contributed by atoms with Gasteiger partial charge < -0.3 is 23.8 Å². The zero-order chi connectivity index (χ0) is 38.9. The van der Waals surface area contributed by atoms with Gasteiger partial charge in [-0.3, -0.25) is 14.7 Å². The van der Waals surface area contributed by atoms with Crippen molar-refractivity contribution in [3.8, 4) is 45.3 Å². The minimum atomic E-state index is -0.608. The Morgan fingerprint density at radius 1 is 0.944 bits per heavy atom. The number of hydrogen-bond donors (Lipinski definition) is 0. The second-order valence-corrected chi connectivity index (χ2v) is 16.4. The van der Waals surface area contributed by atoms with Gasteiger partial charge in [-0.1, -0.05) is 53.5 Å². The molecular weight excluding hydrogens is 727 g/mol. The van der Waals surface area contributed by atoms with Crippen molar-refractivity contribution in [1.82, 2.24) is 19.8 Å². The molecule has 3 heterocycles. The second-order valence-electron chi connectivity index (χ2n) is 15.7. The number of halogens is 2. The Bertz CT molecular complexity index is 2030. The highest BCUT2D eigenvalue weighted by atomic mass is 35.5. The first-order valence-electron chi connectivity index (χ1n) is 18.1. The van der Waals surface area contributed by atoms with Crippen LogP contribution in [0.3, 0.4) is 0 Å². The highest BCUT2D eigenvalue weighted by Crippen LogP contribution is 2.53. The van der Waals surface area contributed by atoms with Crippen molar-refractivity contribution < 1.29 is 28.5 Å². The lowest BCUT2D eigenvalue weighted by molar-refractivity contribution is -0.171. The fraction of sp³-hybridized carbons (Fsp3) is 0.429. The number of aromatic nitrogens is 2. The van der Waals surface area contributed by atoms with Gasteiger partial charge in [-0.2, -0.15) is 0 Å². The Hall–Kier alpha value is -4.38. The highest BCUT2D eigenvalue weighted by Gasteiger charge is 2.54. The van der Waals surface area contributed by atoms with E-state index in [1.54, 1.807) is 27.5 Å². The summed E-state index contributed by atoms with van der Waals surface area (Å²) in [6.07, 6.45) is 2.99. The molecule has 1 saturated carbocycles. The third kappa shape index (κ3) is 8.46. The lowest BCUT2D eigenvalue weighted by Gasteiger charge is -2.58. The Kier molecular flexibility index (Phi) is 11.5. The molecule has 10 nitrogen and oxygen atoms in total. The van der Waals surface area contributed by atoms with Crippen LogP contribution in [-0.4, -0.2) is 77.9 Å². The van der Waals surface area contributed by atoms with Gasteiger partial charge in [0.25, 0.3) is 0 Å². The van der Waals surface area contributed by atoms with Crippen molar-refractivity contribution in [3.63, 3.8) is 0 Å². The average Bonchev–Trinajstić information content (AvgIpc) is 3.08. The summed E-state index contributed by atoms with van der Waals surface area (Å²) in [5.74, 6) is 1.08.